The fourth-order valence-electron chi connectivity index (χ4n) is 2.29. The predicted octanol–water partition coefficient (Wildman–Crippen LogP) is 3.63. The number of pyridine rings is 2. The van der Waals surface area contributed by atoms with Crippen molar-refractivity contribution >= 4 is 26.7 Å². The second kappa shape index (κ2) is 5.69. The van der Waals surface area contributed by atoms with Crippen LogP contribution in [-0.4, -0.2) is 9.97 Å². The van der Waals surface area contributed by atoms with Crippen LogP contribution in [0.25, 0.3) is 10.8 Å². The minimum absolute atomic E-state index is 0.158. The van der Waals surface area contributed by atoms with Crippen LogP contribution in [0.2, 0.25) is 0 Å². The highest BCUT2D eigenvalue weighted by Gasteiger charge is 2.12. The Bertz CT molecular complexity index is 720. The number of hydrogen-bond donors (Lipinski definition) is 1. The molecule has 2 aromatic heterocycles. The van der Waals surface area contributed by atoms with Crippen molar-refractivity contribution < 1.29 is 0 Å². The van der Waals surface area contributed by atoms with Crippen molar-refractivity contribution in [3.8, 4) is 0 Å². The third kappa shape index (κ3) is 2.71. The van der Waals surface area contributed by atoms with E-state index in [1.54, 1.807) is 6.20 Å². The molecular formula is C16H14BrN3. The molecule has 1 atom stereocenters. The van der Waals surface area contributed by atoms with Crippen LogP contribution in [0.3, 0.4) is 0 Å². The van der Waals surface area contributed by atoms with Crippen LogP contribution >= 0.6 is 15.9 Å². The van der Waals surface area contributed by atoms with E-state index in [-0.39, 0.29) is 6.04 Å². The molecule has 0 saturated carbocycles. The fraction of sp³-hybridized carbons (Fsp3) is 0.125. The van der Waals surface area contributed by atoms with Gasteiger partial charge in [-0.1, -0.05) is 24.3 Å². The zero-order valence-corrected chi connectivity index (χ0v) is 12.4. The molecule has 3 rings (SSSR count). The number of halogens is 1. The van der Waals surface area contributed by atoms with E-state index in [9.17, 15) is 0 Å². The first-order chi connectivity index (χ1) is 9.74. The summed E-state index contributed by atoms with van der Waals surface area (Å²) >= 11 is 3.38. The summed E-state index contributed by atoms with van der Waals surface area (Å²) in [5.74, 6) is 0. The number of nitrogens with zero attached hydrogens (tertiary/aromatic N) is 2. The smallest absolute Gasteiger partial charge is 0.0653 e. The van der Waals surface area contributed by atoms with Gasteiger partial charge in [0.25, 0.3) is 0 Å². The van der Waals surface area contributed by atoms with E-state index in [4.69, 9.17) is 5.73 Å². The van der Waals surface area contributed by atoms with Crippen LogP contribution in [0, 0.1) is 0 Å². The van der Waals surface area contributed by atoms with Crippen molar-refractivity contribution in [2.24, 2.45) is 5.73 Å². The van der Waals surface area contributed by atoms with Crippen LogP contribution in [0.4, 0.5) is 0 Å². The minimum atomic E-state index is -0.158. The lowest BCUT2D eigenvalue weighted by Crippen LogP contribution is -2.16. The van der Waals surface area contributed by atoms with Gasteiger partial charge in [-0.15, -0.1) is 0 Å². The summed E-state index contributed by atoms with van der Waals surface area (Å²) in [5, 5.41) is 2.27. The SMILES string of the molecule is NC(Cc1ccc(Br)cn1)c1nccc2ccccc12. The van der Waals surface area contributed by atoms with Gasteiger partial charge in [0.2, 0.25) is 0 Å². The van der Waals surface area contributed by atoms with Crippen molar-refractivity contribution in [2.75, 3.05) is 0 Å². The van der Waals surface area contributed by atoms with E-state index in [2.05, 4.69) is 38.0 Å². The molecule has 0 bridgehead atoms. The zero-order valence-electron chi connectivity index (χ0n) is 10.8. The summed E-state index contributed by atoms with van der Waals surface area (Å²) in [6.45, 7) is 0. The monoisotopic (exact) mass is 327 g/mol. The fourth-order valence-corrected chi connectivity index (χ4v) is 2.52. The Hall–Kier alpha value is -1.78. The first kappa shape index (κ1) is 13.2. The molecule has 0 saturated heterocycles. The largest absolute Gasteiger partial charge is 0.322 e. The van der Waals surface area contributed by atoms with E-state index in [0.29, 0.717) is 6.42 Å². The standard InChI is InChI=1S/C16H14BrN3/c17-12-5-6-13(20-10-12)9-15(18)16-14-4-2-1-3-11(14)7-8-19-16/h1-8,10,15H,9,18H2. The maximum Gasteiger partial charge on any atom is 0.0653 e. The quantitative estimate of drug-likeness (QED) is 0.799. The topological polar surface area (TPSA) is 51.8 Å². The number of benzene rings is 1. The van der Waals surface area contributed by atoms with E-state index < -0.39 is 0 Å². The Morgan fingerprint density at radius 3 is 2.70 bits per heavy atom. The summed E-state index contributed by atoms with van der Waals surface area (Å²) in [5.41, 5.74) is 8.21. The maximum atomic E-state index is 6.32. The van der Waals surface area contributed by atoms with Gasteiger partial charge in [0.05, 0.1) is 11.7 Å². The average molecular weight is 328 g/mol. The Labute approximate surface area is 126 Å². The molecule has 20 heavy (non-hydrogen) atoms. The van der Waals surface area contributed by atoms with Crippen molar-refractivity contribution in [1.29, 1.82) is 0 Å². The molecule has 0 aliphatic heterocycles. The molecule has 3 aromatic rings. The first-order valence-electron chi connectivity index (χ1n) is 6.44. The molecular weight excluding hydrogens is 314 g/mol. The molecule has 0 fully saturated rings. The molecule has 0 spiro atoms. The van der Waals surface area contributed by atoms with Crippen LogP contribution in [0.15, 0.2) is 59.3 Å². The molecule has 0 amide bonds. The van der Waals surface area contributed by atoms with Crippen LogP contribution in [0.1, 0.15) is 17.4 Å². The zero-order chi connectivity index (χ0) is 13.9. The Balaban J connectivity index is 1.92. The number of hydrogen-bond acceptors (Lipinski definition) is 3. The van der Waals surface area contributed by atoms with Crippen LogP contribution in [0.5, 0.6) is 0 Å². The highest BCUT2D eigenvalue weighted by Crippen LogP contribution is 2.23. The van der Waals surface area contributed by atoms with Gasteiger partial charge in [-0.05, 0) is 39.5 Å². The van der Waals surface area contributed by atoms with Gasteiger partial charge in [-0.2, -0.15) is 0 Å². The summed E-state index contributed by atoms with van der Waals surface area (Å²) in [4.78, 5) is 8.83. The second-order valence-corrected chi connectivity index (χ2v) is 5.61. The molecule has 0 aliphatic carbocycles. The number of nitrogens with two attached hydrogens (primary N) is 1. The molecule has 0 aliphatic rings. The molecule has 1 aromatic carbocycles. The Morgan fingerprint density at radius 1 is 1.05 bits per heavy atom. The minimum Gasteiger partial charge on any atom is -0.322 e. The lowest BCUT2D eigenvalue weighted by Gasteiger charge is -2.13. The van der Waals surface area contributed by atoms with Gasteiger partial charge >= 0.3 is 0 Å². The van der Waals surface area contributed by atoms with Crippen LogP contribution < -0.4 is 5.73 Å². The second-order valence-electron chi connectivity index (χ2n) is 4.70. The van der Waals surface area contributed by atoms with Gasteiger partial charge in [0.1, 0.15) is 0 Å². The maximum absolute atomic E-state index is 6.32. The number of fused-ring (bicyclic) bond motifs is 1. The van der Waals surface area contributed by atoms with E-state index >= 15 is 0 Å². The van der Waals surface area contributed by atoms with Gasteiger partial charge < -0.3 is 5.73 Å². The van der Waals surface area contributed by atoms with Crippen molar-refractivity contribution in [2.45, 2.75) is 12.5 Å². The molecule has 2 heterocycles. The van der Waals surface area contributed by atoms with Gasteiger partial charge in [-0.25, -0.2) is 0 Å². The molecule has 100 valence electrons. The average Bonchev–Trinajstić information content (AvgIpc) is 2.49. The molecule has 0 radical (unpaired) electrons. The van der Waals surface area contributed by atoms with Crippen molar-refractivity contribution in [1.82, 2.24) is 9.97 Å². The highest BCUT2D eigenvalue weighted by molar-refractivity contribution is 9.10. The van der Waals surface area contributed by atoms with Crippen LogP contribution in [-0.2, 0) is 6.42 Å². The Morgan fingerprint density at radius 2 is 1.90 bits per heavy atom. The normalized spacial score (nSPS) is 12.5. The summed E-state index contributed by atoms with van der Waals surface area (Å²) in [7, 11) is 0. The van der Waals surface area contributed by atoms with E-state index in [1.807, 2.05) is 36.5 Å². The number of aromatic nitrogens is 2. The van der Waals surface area contributed by atoms with Gasteiger partial charge in [0.15, 0.2) is 0 Å². The third-order valence-corrected chi connectivity index (χ3v) is 3.74. The first-order valence-corrected chi connectivity index (χ1v) is 7.23. The van der Waals surface area contributed by atoms with E-state index in [1.165, 1.54) is 0 Å². The van der Waals surface area contributed by atoms with Crippen molar-refractivity contribution in [3.05, 3.63) is 70.7 Å². The Kier molecular flexibility index (Phi) is 3.76. The molecule has 3 nitrogen and oxygen atoms in total. The molecule has 4 heteroatoms. The van der Waals surface area contributed by atoms with Gasteiger partial charge in [0, 0.05) is 34.4 Å². The predicted molar refractivity (Wildman–Crippen MR) is 84.3 cm³/mol. The summed E-state index contributed by atoms with van der Waals surface area (Å²) in [6, 6.07) is 14.0. The van der Waals surface area contributed by atoms with E-state index in [0.717, 1.165) is 26.6 Å². The van der Waals surface area contributed by atoms with Gasteiger partial charge in [-0.3, -0.25) is 9.97 Å². The summed E-state index contributed by atoms with van der Waals surface area (Å²) in [6.07, 6.45) is 4.28. The van der Waals surface area contributed by atoms with Crippen molar-refractivity contribution in [3.63, 3.8) is 0 Å². The summed E-state index contributed by atoms with van der Waals surface area (Å²) < 4.78 is 0.970. The molecule has 2 N–H and O–H groups in total. The third-order valence-electron chi connectivity index (χ3n) is 3.27. The highest BCUT2D eigenvalue weighted by atomic mass is 79.9. The number of rotatable bonds is 3. The lowest BCUT2D eigenvalue weighted by atomic mass is 10.0. The lowest BCUT2D eigenvalue weighted by molar-refractivity contribution is 0.690. The molecule has 1 unspecified atom stereocenters.